The summed E-state index contributed by atoms with van der Waals surface area (Å²) in [5.41, 5.74) is 0. The molecule has 120 valence electrons. The molecule has 1 aliphatic heterocycles. The summed E-state index contributed by atoms with van der Waals surface area (Å²) in [6, 6.07) is 1.74. The third-order valence-electron chi connectivity index (χ3n) is 3.31. The van der Waals surface area contributed by atoms with Gasteiger partial charge in [0.1, 0.15) is 4.90 Å². The molecule has 1 aromatic heterocycles. The van der Waals surface area contributed by atoms with Crippen molar-refractivity contribution in [2.24, 2.45) is 5.92 Å². The molecule has 0 saturated carbocycles. The van der Waals surface area contributed by atoms with Crippen molar-refractivity contribution in [2.45, 2.75) is 31.2 Å². The van der Waals surface area contributed by atoms with Gasteiger partial charge in [-0.05, 0) is 47.3 Å². The molecule has 1 unspecified atom stereocenters. The van der Waals surface area contributed by atoms with Crippen LogP contribution >= 0.6 is 27.3 Å². The monoisotopic (exact) mass is 396 g/mol. The molecule has 1 aromatic rings. The van der Waals surface area contributed by atoms with Gasteiger partial charge in [0.2, 0.25) is 10.0 Å². The van der Waals surface area contributed by atoms with Crippen molar-refractivity contribution >= 4 is 37.3 Å². The summed E-state index contributed by atoms with van der Waals surface area (Å²) in [6.45, 7) is 5.53. The van der Waals surface area contributed by atoms with E-state index < -0.39 is 10.0 Å². The molecule has 1 saturated heterocycles. The molecule has 2 rings (SSSR count). The summed E-state index contributed by atoms with van der Waals surface area (Å²) in [5, 5.41) is 3.28. The van der Waals surface area contributed by atoms with E-state index in [0.717, 1.165) is 30.9 Å². The van der Waals surface area contributed by atoms with Gasteiger partial charge in [-0.2, -0.15) is 0 Å². The smallest absolute Gasteiger partial charge is 0.242 e. The van der Waals surface area contributed by atoms with E-state index in [9.17, 15) is 8.42 Å². The molecule has 0 radical (unpaired) electrons. The molecule has 0 aliphatic carbocycles. The average Bonchev–Trinajstić information content (AvgIpc) is 3.07. The Hall–Kier alpha value is 0.01000. The topological polar surface area (TPSA) is 67.4 Å². The molecule has 21 heavy (non-hydrogen) atoms. The highest BCUT2D eigenvalue weighted by Gasteiger charge is 2.23. The first-order valence-electron chi connectivity index (χ1n) is 7.09. The number of hydrogen-bond donors (Lipinski definition) is 2. The average molecular weight is 397 g/mol. The summed E-state index contributed by atoms with van der Waals surface area (Å²) in [5.74, 6) is 0.280. The number of ether oxygens (including phenoxy) is 1. The van der Waals surface area contributed by atoms with Gasteiger partial charge in [0.15, 0.2) is 0 Å². The summed E-state index contributed by atoms with van der Waals surface area (Å²) in [4.78, 5) is 1.35. The van der Waals surface area contributed by atoms with E-state index in [4.69, 9.17) is 4.74 Å². The molecule has 5 nitrogen and oxygen atoms in total. The van der Waals surface area contributed by atoms with Crippen LogP contribution in [0.4, 0.5) is 0 Å². The maximum atomic E-state index is 12.4. The first kappa shape index (κ1) is 17.4. The van der Waals surface area contributed by atoms with Crippen molar-refractivity contribution in [3.63, 3.8) is 0 Å². The quantitative estimate of drug-likeness (QED) is 0.661. The third-order valence-corrected chi connectivity index (χ3v) is 6.98. The highest BCUT2D eigenvalue weighted by atomic mass is 79.9. The number of thiophene rings is 1. The Labute approximate surface area is 138 Å². The second-order valence-corrected chi connectivity index (χ2v) is 9.30. The van der Waals surface area contributed by atoms with Gasteiger partial charge in [0.25, 0.3) is 0 Å². The van der Waals surface area contributed by atoms with Crippen LogP contribution in [0.25, 0.3) is 0 Å². The van der Waals surface area contributed by atoms with Gasteiger partial charge < -0.3 is 10.1 Å². The Kier molecular flexibility index (Phi) is 6.64. The Morgan fingerprint density at radius 3 is 3.00 bits per heavy atom. The molecule has 2 N–H and O–H groups in total. The second-order valence-electron chi connectivity index (χ2n) is 5.11. The summed E-state index contributed by atoms with van der Waals surface area (Å²) in [6.07, 6.45) is 1.97. The molecular formula is C13H21BrN2O3S2. The minimum absolute atomic E-state index is 0.280. The largest absolute Gasteiger partial charge is 0.381 e. The maximum absolute atomic E-state index is 12.4. The molecule has 0 aromatic carbocycles. The van der Waals surface area contributed by atoms with Gasteiger partial charge in [0.05, 0.1) is 10.4 Å². The van der Waals surface area contributed by atoms with Crippen LogP contribution in [0.1, 0.15) is 24.6 Å². The molecule has 2 heterocycles. The Morgan fingerprint density at radius 1 is 1.52 bits per heavy atom. The molecule has 1 aliphatic rings. The van der Waals surface area contributed by atoms with E-state index in [1.54, 1.807) is 6.07 Å². The van der Waals surface area contributed by atoms with Crippen molar-refractivity contribution in [2.75, 3.05) is 26.3 Å². The predicted octanol–water partition coefficient (Wildman–Crippen LogP) is 2.33. The lowest BCUT2D eigenvalue weighted by Crippen LogP contribution is -2.29. The van der Waals surface area contributed by atoms with Crippen LogP contribution in [0.5, 0.6) is 0 Å². The third kappa shape index (κ3) is 5.01. The molecule has 0 bridgehead atoms. The fraction of sp³-hybridized carbons (Fsp3) is 0.692. The van der Waals surface area contributed by atoms with Crippen molar-refractivity contribution in [1.82, 2.24) is 10.0 Å². The van der Waals surface area contributed by atoms with Crippen LogP contribution in [0.15, 0.2) is 14.7 Å². The molecule has 1 fully saturated rings. The van der Waals surface area contributed by atoms with Gasteiger partial charge in [-0.1, -0.05) is 6.92 Å². The minimum Gasteiger partial charge on any atom is -0.381 e. The lowest BCUT2D eigenvalue weighted by Gasteiger charge is -2.09. The van der Waals surface area contributed by atoms with Crippen LogP contribution in [-0.4, -0.2) is 34.7 Å². The fourth-order valence-corrected chi connectivity index (χ4v) is 5.87. The van der Waals surface area contributed by atoms with E-state index in [-0.39, 0.29) is 5.92 Å². The molecule has 0 amide bonds. The first-order valence-corrected chi connectivity index (χ1v) is 10.2. The highest BCUT2D eigenvalue weighted by molar-refractivity contribution is 9.11. The van der Waals surface area contributed by atoms with Gasteiger partial charge in [-0.25, -0.2) is 13.1 Å². The Morgan fingerprint density at radius 2 is 2.33 bits per heavy atom. The minimum atomic E-state index is -3.46. The van der Waals surface area contributed by atoms with Crippen LogP contribution in [0, 0.1) is 5.92 Å². The predicted molar refractivity (Wildman–Crippen MR) is 88.1 cm³/mol. The van der Waals surface area contributed by atoms with Crippen LogP contribution in [0.3, 0.4) is 0 Å². The lowest BCUT2D eigenvalue weighted by molar-refractivity contribution is 0.186. The summed E-state index contributed by atoms with van der Waals surface area (Å²) >= 11 is 4.82. The van der Waals surface area contributed by atoms with E-state index in [1.165, 1.54) is 11.3 Å². The van der Waals surface area contributed by atoms with E-state index in [2.05, 4.69) is 32.9 Å². The fourth-order valence-electron chi connectivity index (χ4n) is 2.11. The zero-order chi connectivity index (χ0) is 15.3. The zero-order valence-corrected chi connectivity index (χ0v) is 15.2. The molecule has 0 spiro atoms. The normalized spacial score (nSPS) is 19.2. The standard InChI is InChI=1S/C13H21BrN2O3S2/c1-2-4-15-8-11-6-12(13(14)20-11)21(17,18)16-7-10-3-5-19-9-10/h6,10,15-16H,2-5,7-9H2,1H3. The van der Waals surface area contributed by atoms with Gasteiger partial charge in [-0.15, -0.1) is 11.3 Å². The number of hydrogen-bond acceptors (Lipinski definition) is 5. The lowest BCUT2D eigenvalue weighted by atomic mass is 10.1. The molecule has 1 atom stereocenters. The van der Waals surface area contributed by atoms with E-state index in [1.807, 2.05) is 0 Å². The maximum Gasteiger partial charge on any atom is 0.242 e. The number of nitrogens with one attached hydrogen (secondary N) is 2. The van der Waals surface area contributed by atoms with Gasteiger partial charge in [0, 0.05) is 24.6 Å². The van der Waals surface area contributed by atoms with Crippen molar-refractivity contribution in [1.29, 1.82) is 0 Å². The number of sulfonamides is 1. The summed E-state index contributed by atoms with van der Waals surface area (Å²) < 4.78 is 33.3. The number of rotatable bonds is 8. The van der Waals surface area contributed by atoms with Crippen LogP contribution in [0.2, 0.25) is 0 Å². The zero-order valence-electron chi connectivity index (χ0n) is 12.0. The van der Waals surface area contributed by atoms with Crippen LogP contribution < -0.4 is 10.0 Å². The van der Waals surface area contributed by atoms with E-state index >= 15 is 0 Å². The Bertz CT molecular complexity index is 554. The number of halogens is 1. The van der Waals surface area contributed by atoms with Gasteiger partial charge in [-0.3, -0.25) is 0 Å². The van der Waals surface area contributed by atoms with Crippen molar-refractivity contribution in [3.05, 3.63) is 14.7 Å². The SMILES string of the molecule is CCCNCc1cc(S(=O)(=O)NCC2CCOC2)c(Br)s1. The molecule has 8 heteroatoms. The van der Waals surface area contributed by atoms with Crippen LogP contribution in [-0.2, 0) is 21.3 Å². The Balaban J connectivity index is 1.97. The van der Waals surface area contributed by atoms with E-state index in [0.29, 0.717) is 28.4 Å². The van der Waals surface area contributed by atoms with Gasteiger partial charge >= 0.3 is 0 Å². The second kappa shape index (κ2) is 8.03. The first-order chi connectivity index (χ1) is 10.0. The van der Waals surface area contributed by atoms with Crippen molar-refractivity contribution in [3.8, 4) is 0 Å². The highest BCUT2D eigenvalue weighted by Crippen LogP contribution is 2.31. The summed E-state index contributed by atoms with van der Waals surface area (Å²) in [7, 11) is -3.46. The molecular weight excluding hydrogens is 376 g/mol. The van der Waals surface area contributed by atoms with Crippen molar-refractivity contribution < 1.29 is 13.2 Å².